The van der Waals surface area contributed by atoms with Gasteiger partial charge in [0, 0.05) is 38.8 Å². The molecule has 2 heterocycles. The highest BCUT2D eigenvalue weighted by Crippen LogP contribution is 2.26. The molecule has 3 atom stereocenters. The summed E-state index contributed by atoms with van der Waals surface area (Å²) in [7, 11) is 1.70. The van der Waals surface area contributed by atoms with Crippen molar-refractivity contribution in [1.82, 2.24) is 10.2 Å². The van der Waals surface area contributed by atoms with Crippen LogP contribution in [0.1, 0.15) is 39.0 Å². The maximum atomic E-state index is 12.3. The highest BCUT2D eigenvalue weighted by Gasteiger charge is 2.35. The number of hydrogen-bond acceptors (Lipinski definition) is 3. The van der Waals surface area contributed by atoms with Gasteiger partial charge in [0.15, 0.2) is 0 Å². The van der Waals surface area contributed by atoms with Crippen LogP contribution in [0.3, 0.4) is 0 Å². The van der Waals surface area contributed by atoms with Crippen molar-refractivity contribution >= 4 is 5.91 Å². The third-order valence-corrected chi connectivity index (χ3v) is 4.16. The van der Waals surface area contributed by atoms with Gasteiger partial charge in [-0.2, -0.15) is 0 Å². The number of rotatable bonds is 5. The summed E-state index contributed by atoms with van der Waals surface area (Å²) in [5.41, 5.74) is 0. The molecule has 0 bridgehead atoms. The van der Waals surface area contributed by atoms with Gasteiger partial charge in [-0.05, 0) is 38.1 Å². The van der Waals surface area contributed by atoms with Gasteiger partial charge in [-0.15, -0.1) is 0 Å². The fraction of sp³-hybridized carbons (Fsp3) is 0.929. The molecule has 0 aliphatic carbocycles. The van der Waals surface area contributed by atoms with Crippen LogP contribution in [0.15, 0.2) is 0 Å². The average molecular weight is 254 g/mol. The minimum absolute atomic E-state index is 0.316. The van der Waals surface area contributed by atoms with Gasteiger partial charge in [-0.3, -0.25) is 4.79 Å². The molecule has 1 N–H and O–H groups in total. The van der Waals surface area contributed by atoms with Crippen LogP contribution < -0.4 is 5.32 Å². The predicted octanol–water partition coefficient (Wildman–Crippen LogP) is 1.40. The van der Waals surface area contributed by atoms with Crippen molar-refractivity contribution < 1.29 is 9.53 Å². The first-order valence-electron chi connectivity index (χ1n) is 7.24. The highest BCUT2D eigenvalue weighted by atomic mass is 16.5. The van der Waals surface area contributed by atoms with Gasteiger partial charge in [0.25, 0.3) is 0 Å². The fourth-order valence-corrected chi connectivity index (χ4v) is 3.32. The minimum Gasteiger partial charge on any atom is -0.384 e. The van der Waals surface area contributed by atoms with Gasteiger partial charge in [-0.1, -0.05) is 6.92 Å². The molecule has 4 nitrogen and oxygen atoms in total. The molecule has 4 heteroatoms. The van der Waals surface area contributed by atoms with Crippen LogP contribution in [0.2, 0.25) is 0 Å². The second kappa shape index (κ2) is 6.53. The van der Waals surface area contributed by atoms with Gasteiger partial charge in [0.05, 0.1) is 0 Å². The molecular weight excluding hydrogens is 228 g/mol. The Hall–Kier alpha value is -0.610. The van der Waals surface area contributed by atoms with Crippen LogP contribution in [0.5, 0.6) is 0 Å². The number of ether oxygens (including phenoxy) is 1. The summed E-state index contributed by atoms with van der Waals surface area (Å²) >= 11 is 0. The molecule has 2 aliphatic heterocycles. The van der Waals surface area contributed by atoms with Crippen molar-refractivity contribution in [1.29, 1.82) is 0 Å². The maximum Gasteiger partial charge on any atom is 0.223 e. The monoisotopic (exact) mass is 254 g/mol. The number of likely N-dealkylation sites (tertiary alicyclic amines) is 1. The number of nitrogens with zero attached hydrogens (tertiary/aromatic N) is 1. The maximum absolute atomic E-state index is 12.3. The van der Waals surface area contributed by atoms with Crippen LogP contribution in [-0.4, -0.2) is 49.7 Å². The Morgan fingerprint density at radius 2 is 2.28 bits per heavy atom. The van der Waals surface area contributed by atoms with Gasteiger partial charge in [0.2, 0.25) is 5.91 Å². The smallest absolute Gasteiger partial charge is 0.223 e. The molecule has 0 aromatic heterocycles. The zero-order valence-electron chi connectivity index (χ0n) is 11.7. The van der Waals surface area contributed by atoms with E-state index < -0.39 is 0 Å². The van der Waals surface area contributed by atoms with Crippen LogP contribution in [0, 0.1) is 5.92 Å². The molecule has 0 saturated carbocycles. The predicted molar refractivity (Wildman–Crippen MR) is 71.4 cm³/mol. The summed E-state index contributed by atoms with van der Waals surface area (Å²) in [6, 6.07) is 0.976. The molecule has 0 aromatic carbocycles. The lowest BCUT2D eigenvalue weighted by Gasteiger charge is -2.30. The SMILES string of the molecule is COCC(C)CC(=O)N1CCCC1C1CCCN1. The van der Waals surface area contributed by atoms with Crippen LogP contribution in [0.4, 0.5) is 0 Å². The van der Waals surface area contributed by atoms with E-state index in [1.165, 1.54) is 19.3 Å². The average Bonchev–Trinajstić information content (AvgIpc) is 3.00. The van der Waals surface area contributed by atoms with Crippen molar-refractivity contribution in [2.24, 2.45) is 5.92 Å². The van der Waals surface area contributed by atoms with Crippen molar-refractivity contribution in [3.05, 3.63) is 0 Å². The molecule has 18 heavy (non-hydrogen) atoms. The molecule has 3 unspecified atom stereocenters. The lowest BCUT2D eigenvalue weighted by Crippen LogP contribution is -2.46. The summed E-state index contributed by atoms with van der Waals surface area (Å²) in [5.74, 6) is 0.635. The van der Waals surface area contributed by atoms with E-state index in [9.17, 15) is 4.79 Å². The summed E-state index contributed by atoms with van der Waals surface area (Å²) < 4.78 is 5.11. The Bertz CT molecular complexity index is 277. The second-order valence-electron chi connectivity index (χ2n) is 5.76. The lowest BCUT2D eigenvalue weighted by molar-refractivity contribution is -0.133. The van der Waals surface area contributed by atoms with Gasteiger partial charge in [0.1, 0.15) is 0 Å². The van der Waals surface area contributed by atoms with E-state index in [0.29, 0.717) is 36.9 Å². The Balaban J connectivity index is 1.87. The number of amides is 1. The van der Waals surface area contributed by atoms with Gasteiger partial charge in [-0.25, -0.2) is 0 Å². The molecule has 0 spiro atoms. The standard InChI is InChI=1S/C14H26N2O2/c1-11(10-18-2)9-14(17)16-8-4-6-13(16)12-5-3-7-15-12/h11-13,15H,3-10H2,1-2H3. The summed E-state index contributed by atoms with van der Waals surface area (Å²) in [6.07, 6.45) is 5.43. The molecule has 0 radical (unpaired) electrons. The Labute approximate surface area is 110 Å². The lowest BCUT2D eigenvalue weighted by atomic mass is 10.0. The zero-order chi connectivity index (χ0) is 13.0. The molecule has 0 aromatic rings. The Kier molecular flexibility index (Phi) is 5.01. The summed E-state index contributed by atoms with van der Waals surface area (Å²) in [5, 5.41) is 3.54. The van der Waals surface area contributed by atoms with Crippen molar-refractivity contribution in [2.45, 2.75) is 51.1 Å². The van der Waals surface area contributed by atoms with E-state index in [1.807, 2.05) is 0 Å². The number of methoxy groups -OCH3 is 1. The van der Waals surface area contributed by atoms with Crippen molar-refractivity contribution in [2.75, 3.05) is 26.8 Å². The molecular formula is C14H26N2O2. The van der Waals surface area contributed by atoms with E-state index in [0.717, 1.165) is 19.5 Å². The first-order valence-corrected chi connectivity index (χ1v) is 7.24. The Morgan fingerprint density at radius 3 is 2.94 bits per heavy atom. The molecule has 2 rings (SSSR count). The second-order valence-corrected chi connectivity index (χ2v) is 5.76. The van der Waals surface area contributed by atoms with Crippen molar-refractivity contribution in [3.63, 3.8) is 0 Å². The topological polar surface area (TPSA) is 41.6 Å². The molecule has 2 fully saturated rings. The number of carbonyl (C=O) groups is 1. The van der Waals surface area contributed by atoms with Gasteiger partial charge < -0.3 is 15.0 Å². The first kappa shape index (κ1) is 13.8. The number of nitrogens with one attached hydrogen (secondary N) is 1. The van der Waals surface area contributed by atoms with Crippen molar-refractivity contribution in [3.8, 4) is 0 Å². The first-order chi connectivity index (χ1) is 8.72. The van der Waals surface area contributed by atoms with E-state index in [-0.39, 0.29) is 0 Å². The number of carbonyl (C=O) groups excluding carboxylic acids is 1. The normalized spacial score (nSPS) is 29.8. The van der Waals surface area contributed by atoms with Crippen LogP contribution in [0.25, 0.3) is 0 Å². The summed E-state index contributed by atoms with van der Waals surface area (Å²) in [6.45, 7) is 4.82. The Morgan fingerprint density at radius 1 is 1.44 bits per heavy atom. The quantitative estimate of drug-likeness (QED) is 0.806. The van der Waals surface area contributed by atoms with Crippen LogP contribution in [-0.2, 0) is 9.53 Å². The third kappa shape index (κ3) is 3.23. The highest BCUT2D eigenvalue weighted by molar-refractivity contribution is 5.77. The van der Waals surface area contributed by atoms with Gasteiger partial charge >= 0.3 is 0 Å². The fourth-order valence-electron chi connectivity index (χ4n) is 3.32. The molecule has 2 saturated heterocycles. The van der Waals surface area contributed by atoms with E-state index in [1.54, 1.807) is 7.11 Å². The summed E-state index contributed by atoms with van der Waals surface area (Å²) in [4.78, 5) is 14.5. The number of hydrogen-bond donors (Lipinski definition) is 1. The van der Waals surface area contributed by atoms with E-state index in [2.05, 4.69) is 17.1 Å². The largest absolute Gasteiger partial charge is 0.384 e. The van der Waals surface area contributed by atoms with Crippen LogP contribution >= 0.6 is 0 Å². The van der Waals surface area contributed by atoms with E-state index in [4.69, 9.17) is 4.74 Å². The molecule has 1 amide bonds. The zero-order valence-corrected chi connectivity index (χ0v) is 11.7. The minimum atomic E-state index is 0.316. The molecule has 104 valence electrons. The van der Waals surface area contributed by atoms with E-state index >= 15 is 0 Å². The molecule has 2 aliphatic rings. The third-order valence-electron chi connectivity index (χ3n) is 4.16.